The Morgan fingerprint density at radius 3 is 2.57 bits per heavy atom. The quantitative estimate of drug-likeness (QED) is 0.869. The number of nitrogens with one attached hydrogen (secondary N) is 2. The SMILES string of the molecule is CCc1ccc(OCc2c(C)cccc2NC(=O)NC)c(C)c1. The summed E-state index contributed by atoms with van der Waals surface area (Å²) in [7, 11) is 1.60. The maximum absolute atomic E-state index is 11.6. The Morgan fingerprint density at radius 2 is 1.91 bits per heavy atom. The summed E-state index contributed by atoms with van der Waals surface area (Å²) in [6.07, 6.45) is 1.01. The van der Waals surface area contributed by atoms with Gasteiger partial charge in [0.2, 0.25) is 0 Å². The molecule has 0 aliphatic heterocycles. The number of carbonyl (C=O) groups excluding carboxylic acids is 1. The third-order valence-electron chi connectivity index (χ3n) is 3.91. The second-order valence-corrected chi connectivity index (χ2v) is 5.55. The van der Waals surface area contributed by atoms with Crippen LogP contribution in [0.3, 0.4) is 0 Å². The van der Waals surface area contributed by atoms with Gasteiger partial charge >= 0.3 is 6.03 Å². The fourth-order valence-electron chi connectivity index (χ4n) is 2.44. The third kappa shape index (κ3) is 4.25. The Balaban J connectivity index is 2.18. The van der Waals surface area contributed by atoms with Gasteiger partial charge in [0.15, 0.2) is 0 Å². The lowest BCUT2D eigenvalue weighted by Gasteiger charge is -2.16. The number of amides is 2. The molecular weight excluding hydrogens is 288 g/mol. The molecule has 122 valence electrons. The maximum Gasteiger partial charge on any atom is 0.318 e. The van der Waals surface area contributed by atoms with Crippen LogP contribution in [0.25, 0.3) is 0 Å². The Morgan fingerprint density at radius 1 is 1.13 bits per heavy atom. The van der Waals surface area contributed by atoms with E-state index in [1.807, 2.05) is 31.2 Å². The Kier molecular flexibility index (Phi) is 5.63. The van der Waals surface area contributed by atoms with Crippen LogP contribution < -0.4 is 15.4 Å². The van der Waals surface area contributed by atoms with E-state index in [1.165, 1.54) is 5.56 Å². The van der Waals surface area contributed by atoms with Crippen molar-refractivity contribution >= 4 is 11.7 Å². The monoisotopic (exact) mass is 312 g/mol. The molecule has 0 aliphatic rings. The van der Waals surface area contributed by atoms with Crippen LogP contribution in [0.4, 0.5) is 10.5 Å². The van der Waals surface area contributed by atoms with Gasteiger partial charge in [0.05, 0.1) is 0 Å². The van der Waals surface area contributed by atoms with E-state index in [4.69, 9.17) is 4.74 Å². The van der Waals surface area contributed by atoms with Crippen LogP contribution in [0.1, 0.15) is 29.2 Å². The average Bonchev–Trinajstić information content (AvgIpc) is 2.55. The first kappa shape index (κ1) is 16.9. The number of ether oxygens (including phenoxy) is 1. The van der Waals surface area contributed by atoms with Crippen molar-refractivity contribution in [1.82, 2.24) is 5.32 Å². The number of hydrogen-bond donors (Lipinski definition) is 2. The fraction of sp³-hybridized carbons (Fsp3) is 0.316. The highest BCUT2D eigenvalue weighted by Crippen LogP contribution is 2.24. The molecule has 0 bridgehead atoms. The summed E-state index contributed by atoms with van der Waals surface area (Å²) in [5.74, 6) is 0.872. The first-order chi connectivity index (χ1) is 11.0. The first-order valence-corrected chi connectivity index (χ1v) is 7.84. The van der Waals surface area contributed by atoms with Gasteiger partial charge in [-0.25, -0.2) is 4.79 Å². The van der Waals surface area contributed by atoms with Gasteiger partial charge in [-0.2, -0.15) is 0 Å². The van der Waals surface area contributed by atoms with E-state index >= 15 is 0 Å². The number of rotatable bonds is 5. The van der Waals surface area contributed by atoms with Crippen molar-refractivity contribution in [2.24, 2.45) is 0 Å². The van der Waals surface area contributed by atoms with Crippen LogP contribution in [0.5, 0.6) is 5.75 Å². The molecule has 2 amide bonds. The summed E-state index contributed by atoms with van der Waals surface area (Å²) in [5, 5.41) is 5.40. The molecule has 0 saturated carbocycles. The summed E-state index contributed by atoms with van der Waals surface area (Å²) in [4.78, 5) is 11.6. The highest BCUT2D eigenvalue weighted by molar-refractivity contribution is 5.90. The molecular formula is C19H24N2O2. The minimum Gasteiger partial charge on any atom is -0.489 e. The Bertz CT molecular complexity index is 696. The first-order valence-electron chi connectivity index (χ1n) is 7.84. The van der Waals surface area contributed by atoms with Crippen LogP contribution >= 0.6 is 0 Å². The van der Waals surface area contributed by atoms with Gasteiger partial charge in [0.25, 0.3) is 0 Å². The number of anilines is 1. The largest absolute Gasteiger partial charge is 0.489 e. The summed E-state index contributed by atoms with van der Waals surface area (Å²) >= 11 is 0. The van der Waals surface area contributed by atoms with Crippen LogP contribution in [-0.4, -0.2) is 13.1 Å². The van der Waals surface area contributed by atoms with Crippen molar-refractivity contribution in [2.75, 3.05) is 12.4 Å². The lowest BCUT2D eigenvalue weighted by Crippen LogP contribution is -2.25. The molecule has 0 unspecified atom stereocenters. The van der Waals surface area contributed by atoms with Gasteiger partial charge in [0.1, 0.15) is 12.4 Å². The van der Waals surface area contributed by atoms with E-state index in [0.717, 1.165) is 34.5 Å². The molecule has 2 N–H and O–H groups in total. The van der Waals surface area contributed by atoms with E-state index in [0.29, 0.717) is 6.61 Å². The average molecular weight is 312 g/mol. The zero-order valence-electron chi connectivity index (χ0n) is 14.2. The van der Waals surface area contributed by atoms with E-state index in [-0.39, 0.29) is 6.03 Å². The van der Waals surface area contributed by atoms with Crippen LogP contribution in [0, 0.1) is 13.8 Å². The van der Waals surface area contributed by atoms with E-state index < -0.39 is 0 Å². The minimum atomic E-state index is -0.236. The molecule has 4 heteroatoms. The normalized spacial score (nSPS) is 10.3. The minimum absolute atomic E-state index is 0.236. The summed E-state index contributed by atoms with van der Waals surface area (Å²) in [6.45, 7) is 6.62. The summed E-state index contributed by atoms with van der Waals surface area (Å²) in [6, 6.07) is 11.8. The molecule has 0 heterocycles. The van der Waals surface area contributed by atoms with E-state index in [1.54, 1.807) is 7.05 Å². The van der Waals surface area contributed by atoms with Gasteiger partial charge in [-0.05, 0) is 49.1 Å². The molecule has 0 aromatic heterocycles. The zero-order valence-corrected chi connectivity index (χ0v) is 14.2. The second-order valence-electron chi connectivity index (χ2n) is 5.55. The van der Waals surface area contributed by atoms with Crippen molar-refractivity contribution in [3.63, 3.8) is 0 Å². The Labute approximate surface area is 137 Å². The number of benzene rings is 2. The maximum atomic E-state index is 11.6. The molecule has 0 atom stereocenters. The molecule has 0 fully saturated rings. The lowest BCUT2D eigenvalue weighted by atomic mass is 10.1. The second kappa shape index (κ2) is 7.68. The van der Waals surface area contributed by atoms with Crippen LogP contribution in [0.15, 0.2) is 36.4 Å². The predicted octanol–water partition coefficient (Wildman–Crippen LogP) is 4.20. The Hall–Kier alpha value is -2.49. The number of urea groups is 1. The van der Waals surface area contributed by atoms with E-state index in [2.05, 4.69) is 36.6 Å². The molecule has 0 saturated heterocycles. The molecule has 23 heavy (non-hydrogen) atoms. The summed E-state index contributed by atoms with van der Waals surface area (Å²) in [5.41, 5.74) is 5.26. The van der Waals surface area contributed by atoms with Crippen molar-refractivity contribution in [3.8, 4) is 5.75 Å². The van der Waals surface area contributed by atoms with Gasteiger partial charge < -0.3 is 15.4 Å². The van der Waals surface area contributed by atoms with Crippen LogP contribution in [-0.2, 0) is 13.0 Å². The molecule has 4 nitrogen and oxygen atoms in total. The molecule has 2 aromatic carbocycles. The molecule has 0 spiro atoms. The highest BCUT2D eigenvalue weighted by atomic mass is 16.5. The topological polar surface area (TPSA) is 50.4 Å². The number of carbonyl (C=O) groups is 1. The van der Waals surface area contributed by atoms with Crippen LogP contribution in [0.2, 0.25) is 0 Å². The fourth-order valence-corrected chi connectivity index (χ4v) is 2.44. The molecule has 2 aromatic rings. The number of aryl methyl sites for hydroxylation is 3. The molecule has 0 radical (unpaired) electrons. The standard InChI is InChI=1S/C19H24N2O2/c1-5-15-9-10-18(14(3)11-15)23-12-16-13(2)7-6-8-17(16)21-19(22)20-4/h6-11H,5,12H2,1-4H3,(H2,20,21,22). The third-order valence-corrected chi connectivity index (χ3v) is 3.91. The molecule has 2 rings (SSSR count). The van der Waals surface area contributed by atoms with Gasteiger partial charge in [0, 0.05) is 18.3 Å². The van der Waals surface area contributed by atoms with E-state index in [9.17, 15) is 4.79 Å². The highest BCUT2D eigenvalue weighted by Gasteiger charge is 2.10. The van der Waals surface area contributed by atoms with Crippen molar-refractivity contribution in [3.05, 3.63) is 58.7 Å². The zero-order chi connectivity index (χ0) is 16.8. The lowest BCUT2D eigenvalue weighted by molar-refractivity contribution is 0.254. The van der Waals surface area contributed by atoms with Gasteiger partial charge in [-0.1, -0.05) is 31.2 Å². The van der Waals surface area contributed by atoms with Crippen molar-refractivity contribution < 1.29 is 9.53 Å². The van der Waals surface area contributed by atoms with Gasteiger partial charge in [-0.15, -0.1) is 0 Å². The summed E-state index contributed by atoms with van der Waals surface area (Å²) < 4.78 is 5.99. The van der Waals surface area contributed by atoms with Gasteiger partial charge in [-0.3, -0.25) is 0 Å². The number of hydrogen-bond acceptors (Lipinski definition) is 2. The predicted molar refractivity (Wildman–Crippen MR) is 94.1 cm³/mol. The van der Waals surface area contributed by atoms with Crippen molar-refractivity contribution in [1.29, 1.82) is 0 Å². The smallest absolute Gasteiger partial charge is 0.318 e. The van der Waals surface area contributed by atoms with Crippen molar-refractivity contribution in [2.45, 2.75) is 33.8 Å². The molecule has 0 aliphatic carbocycles.